The van der Waals surface area contributed by atoms with Crippen LogP contribution in [0.4, 0.5) is 0 Å². The van der Waals surface area contributed by atoms with Gasteiger partial charge in [0.05, 0.1) is 11.8 Å². The molecule has 2 aromatic rings. The average Bonchev–Trinajstić information content (AvgIpc) is 3.06. The maximum Gasteiger partial charge on any atom is 0.257 e. The summed E-state index contributed by atoms with van der Waals surface area (Å²) in [6, 6.07) is 10.6. The Labute approximate surface area is 194 Å². The van der Waals surface area contributed by atoms with Gasteiger partial charge in [0.25, 0.3) is 11.8 Å². The Bertz CT molecular complexity index is 1440. The van der Waals surface area contributed by atoms with Gasteiger partial charge in [0, 0.05) is 28.0 Å². The number of aromatic hydroxyl groups is 1. The Morgan fingerprint density at radius 2 is 1.68 bits per heavy atom. The Hall–Kier alpha value is -3.84. The van der Waals surface area contributed by atoms with Crippen LogP contribution in [0.2, 0.25) is 0 Å². The lowest BCUT2D eigenvalue weighted by molar-refractivity contribution is -0.173. The number of fused-ring (bicyclic) bond motifs is 4. The maximum absolute atomic E-state index is 13.4. The van der Waals surface area contributed by atoms with Crippen molar-refractivity contribution in [1.29, 1.82) is 0 Å². The highest BCUT2D eigenvalue weighted by Gasteiger charge is 2.56. The van der Waals surface area contributed by atoms with Crippen molar-refractivity contribution in [3.63, 3.8) is 0 Å². The number of hydrogen-bond acceptors (Lipinski definition) is 6. The number of hydroxylamine groups is 2. The zero-order valence-electron chi connectivity index (χ0n) is 18.3. The van der Waals surface area contributed by atoms with Crippen molar-refractivity contribution < 1.29 is 29.5 Å². The SMILES string of the molecule is CC1=CC(=O)C2=C(C1=O)[C@@H](c1ccc(O)c3ccccc13)C1=CC[C@@H]3C(=O)N(O)C(=O)[C@@H]3[C@@H]1C2. The number of allylic oxidation sites excluding steroid dienone is 6. The molecule has 2 N–H and O–H groups in total. The van der Waals surface area contributed by atoms with Crippen LogP contribution >= 0.6 is 0 Å². The summed E-state index contributed by atoms with van der Waals surface area (Å²) in [6.45, 7) is 1.62. The molecule has 1 aliphatic heterocycles. The van der Waals surface area contributed by atoms with Crippen molar-refractivity contribution in [1.82, 2.24) is 5.06 Å². The van der Waals surface area contributed by atoms with Gasteiger partial charge in [-0.05, 0) is 48.8 Å². The number of phenols is 1. The Balaban J connectivity index is 1.63. The topological polar surface area (TPSA) is 112 Å². The lowest BCUT2D eigenvalue weighted by Crippen LogP contribution is -2.39. The fourth-order valence-electron chi connectivity index (χ4n) is 6.26. The fourth-order valence-corrected chi connectivity index (χ4v) is 6.26. The van der Waals surface area contributed by atoms with Crippen LogP contribution in [0, 0.1) is 17.8 Å². The molecule has 4 atom stereocenters. The van der Waals surface area contributed by atoms with Gasteiger partial charge in [-0.3, -0.25) is 24.4 Å². The molecule has 170 valence electrons. The molecule has 1 heterocycles. The molecule has 0 aromatic heterocycles. The van der Waals surface area contributed by atoms with Gasteiger partial charge in [-0.25, -0.2) is 0 Å². The number of carbonyl (C=O) groups is 4. The molecule has 7 nitrogen and oxygen atoms in total. The van der Waals surface area contributed by atoms with Crippen molar-refractivity contribution in [3.05, 3.63) is 76.4 Å². The Morgan fingerprint density at radius 3 is 2.44 bits per heavy atom. The van der Waals surface area contributed by atoms with Gasteiger partial charge in [0.15, 0.2) is 11.6 Å². The van der Waals surface area contributed by atoms with E-state index in [0.29, 0.717) is 22.1 Å². The summed E-state index contributed by atoms with van der Waals surface area (Å²) >= 11 is 0. The monoisotopic (exact) mass is 455 g/mol. The quantitative estimate of drug-likeness (QED) is 0.295. The van der Waals surface area contributed by atoms with Crippen molar-refractivity contribution in [2.24, 2.45) is 17.8 Å². The Morgan fingerprint density at radius 1 is 0.941 bits per heavy atom. The van der Waals surface area contributed by atoms with E-state index in [1.54, 1.807) is 25.1 Å². The third kappa shape index (κ3) is 2.61. The summed E-state index contributed by atoms with van der Waals surface area (Å²) in [5.74, 6) is -4.22. The second-order valence-corrected chi connectivity index (χ2v) is 9.44. The van der Waals surface area contributed by atoms with E-state index in [2.05, 4.69) is 0 Å². The standard InChI is InChI=1S/C27H21NO6/c1-12-10-21(30)19-11-18-16(6-7-17-23(18)27(33)28(34)26(17)32)22(24(19)25(12)31)15-8-9-20(29)14-5-3-2-4-13(14)15/h2-6,8-10,17-18,22-23,29,34H,7,11H2,1H3/t17-,18+,22-,23-/m0/s1. The highest BCUT2D eigenvalue weighted by molar-refractivity contribution is 6.24. The van der Waals surface area contributed by atoms with Crippen LogP contribution in [0.25, 0.3) is 10.8 Å². The number of rotatable bonds is 1. The number of benzene rings is 2. The zero-order valence-corrected chi connectivity index (χ0v) is 18.3. The maximum atomic E-state index is 13.4. The minimum Gasteiger partial charge on any atom is -0.507 e. The van der Waals surface area contributed by atoms with Crippen molar-refractivity contribution >= 4 is 34.2 Å². The summed E-state index contributed by atoms with van der Waals surface area (Å²) in [5, 5.41) is 22.1. The van der Waals surface area contributed by atoms with Crippen molar-refractivity contribution in [3.8, 4) is 5.75 Å². The van der Waals surface area contributed by atoms with E-state index in [0.717, 1.165) is 16.5 Å². The van der Waals surface area contributed by atoms with E-state index >= 15 is 0 Å². The minimum atomic E-state index is -0.785. The molecule has 1 saturated heterocycles. The number of Topliss-reactive ketones (excluding diaryl/α,β-unsaturated/α-hetero) is 1. The summed E-state index contributed by atoms with van der Waals surface area (Å²) in [6.07, 6.45) is 3.67. The average molecular weight is 455 g/mol. The normalized spacial score (nSPS) is 28.6. The molecule has 0 unspecified atom stereocenters. The smallest absolute Gasteiger partial charge is 0.257 e. The van der Waals surface area contributed by atoms with Gasteiger partial charge < -0.3 is 5.11 Å². The predicted octanol–water partition coefficient (Wildman–Crippen LogP) is 3.36. The van der Waals surface area contributed by atoms with Crippen LogP contribution in [0.5, 0.6) is 5.75 Å². The zero-order chi connectivity index (χ0) is 23.9. The van der Waals surface area contributed by atoms with E-state index in [9.17, 15) is 29.5 Å². The van der Waals surface area contributed by atoms with E-state index < -0.39 is 35.5 Å². The van der Waals surface area contributed by atoms with Gasteiger partial charge in [-0.2, -0.15) is 5.06 Å². The lowest BCUT2D eigenvalue weighted by Gasteiger charge is -2.42. The van der Waals surface area contributed by atoms with E-state index in [1.807, 2.05) is 24.3 Å². The number of ketones is 2. The molecule has 1 fully saturated rings. The second kappa shape index (κ2) is 7.08. The molecular weight excluding hydrogens is 434 g/mol. The highest BCUT2D eigenvalue weighted by atomic mass is 16.5. The Kier molecular flexibility index (Phi) is 4.32. The van der Waals surface area contributed by atoms with E-state index in [1.165, 1.54) is 6.08 Å². The molecule has 0 saturated carbocycles. The molecule has 34 heavy (non-hydrogen) atoms. The molecule has 2 amide bonds. The number of phenolic OH excluding ortho intramolecular Hbond substituents is 1. The summed E-state index contributed by atoms with van der Waals surface area (Å²) in [7, 11) is 0. The molecule has 0 bridgehead atoms. The van der Waals surface area contributed by atoms with Gasteiger partial charge in [0.1, 0.15) is 5.75 Å². The number of carbonyl (C=O) groups excluding carboxylic acids is 4. The van der Waals surface area contributed by atoms with Gasteiger partial charge in [0.2, 0.25) is 0 Å². The van der Waals surface area contributed by atoms with Crippen molar-refractivity contribution in [2.45, 2.75) is 25.7 Å². The predicted molar refractivity (Wildman–Crippen MR) is 121 cm³/mol. The van der Waals surface area contributed by atoms with Gasteiger partial charge in [-0.15, -0.1) is 0 Å². The second-order valence-electron chi connectivity index (χ2n) is 9.44. The number of nitrogens with zero attached hydrogens (tertiary/aromatic N) is 1. The van der Waals surface area contributed by atoms with E-state index in [-0.39, 0.29) is 35.2 Å². The first kappa shape index (κ1) is 20.7. The minimum absolute atomic E-state index is 0.105. The molecule has 3 aliphatic carbocycles. The molecule has 0 radical (unpaired) electrons. The molecule has 2 aromatic carbocycles. The molecule has 7 heteroatoms. The van der Waals surface area contributed by atoms with Crippen LogP contribution in [0.1, 0.15) is 31.2 Å². The van der Waals surface area contributed by atoms with Crippen LogP contribution in [-0.2, 0) is 19.2 Å². The number of amides is 2. The van der Waals surface area contributed by atoms with Gasteiger partial charge in [-0.1, -0.05) is 42.0 Å². The van der Waals surface area contributed by atoms with Crippen molar-refractivity contribution in [2.75, 3.05) is 0 Å². The lowest BCUT2D eigenvalue weighted by atomic mass is 9.59. The molecule has 0 spiro atoms. The fraction of sp³-hybridized carbons (Fsp3) is 0.259. The third-order valence-electron chi connectivity index (χ3n) is 7.79. The van der Waals surface area contributed by atoms with Gasteiger partial charge >= 0.3 is 0 Å². The highest BCUT2D eigenvalue weighted by Crippen LogP contribution is 2.55. The molecule has 6 rings (SSSR count). The van der Waals surface area contributed by atoms with Crippen LogP contribution in [0.3, 0.4) is 0 Å². The third-order valence-corrected chi connectivity index (χ3v) is 7.79. The first-order valence-electron chi connectivity index (χ1n) is 11.3. The first-order valence-corrected chi connectivity index (χ1v) is 11.3. The van der Waals surface area contributed by atoms with Crippen LogP contribution < -0.4 is 0 Å². The number of imide groups is 1. The van der Waals surface area contributed by atoms with E-state index in [4.69, 9.17) is 0 Å². The largest absolute Gasteiger partial charge is 0.507 e. The first-order chi connectivity index (χ1) is 16.3. The van der Waals surface area contributed by atoms with Crippen LogP contribution in [-0.4, -0.2) is 38.8 Å². The summed E-state index contributed by atoms with van der Waals surface area (Å²) < 4.78 is 0. The molecular formula is C27H21NO6. The number of hydrogen-bond donors (Lipinski definition) is 2. The molecule has 4 aliphatic rings. The summed E-state index contributed by atoms with van der Waals surface area (Å²) in [4.78, 5) is 51.9. The van der Waals surface area contributed by atoms with Crippen LogP contribution in [0.15, 0.2) is 70.8 Å². The summed E-state index contributed by atoms with van der Waals surface area (Å²) in [5.41, 5.74) is 2.68.